The lowest BCUT2D eigenvalue weighted by molar-refractivity contribution is -0.402. The minimum absolute atomic E-state index is 0.146. The highest BCUT2D eigenvalue weighted by Gasteiger charge is 2.10. The van der Waals surface area contributed by atoms with Gasteiger partial charge in [-0.05, 0) is 23.8 Å². The Hall–Kier alpha value is -2.67. The monoisotopic (exact) mass is 307 g/mol. The third-order valence-corrected chi connectivity index (χ3v) is 2.70. The molecule has 0 aliphatic heterocycles. The summed E-state index contributed by atoms with van der Waals surface area (Å²) in [5.74, 6) is -0.535. The Bertz CT molecular complexity index is 679. The molecule has 2 aromatic rings. The van der Waals surface area contributed by atoms with Crippen LogP contribution >= 0.6 is 11.6 Å². The first kappa shape index (κ1) is 14.7. The number of nitro groups is 1. The molecule has 0 spiro atoms. The molecular weight excluding hydrogens is 298 g/mol. The van der Waals surface area contributed by atoms with Gasteiger partial charge in [-0.2, -0.15) is 5.10 Å². The van der Waals surface area contributed by atoms with Crippen molar-refractivity contribution < 1.29 is 14.1 Å². The summed E-state index contributed by atoms with van der Waals surface area (Å²) in [6.07, 6.45) is 1.33. The van der Waals surface area contributed by atoms with Gasteiger partial charge in [0.2, 0.25) is 5.91 Å². The highest BCUT2D eigenvalue weighted by Crippen LogP contribution is 2.13. The summed E-state index contributed by atoms with van der Waals surface area (Å²) < 4.78 is 4.84. The van der Waals surface area contributed by atoms with E-state index < -0.39 is 4.92 Å². The second-order valence-electron chi connectivity index (χ2n) is 4.03. The van der Waals surface area contributed by atoms with Crippen LogP contribution < -0.4 is 5.43 Å². The van der Waals surface area contributed by atoms with Gasteiger partial charge in [0, 0.05) is 5.02 Å². The molecule has 0 unspecified atom stereocenters. The fraction of sp³-hybridized carbons (Fsp3) is 0.0769. The van der Waals surface area contributed by atoms with Crippen LogP contribution in [0.3, 0.4) is 0 Å². The number of hydrogen-bond donors (Lipinski definition) is 1. The molecule has 0 fully saturated rings. The Kier molecular flexibility index (Phi) is 4.68. The molecule has 0 saturated carbocycles. The second kappa shape index (κ2) is 6.67. The number of nitrogens with one attached hydrogen (secondary N) is 1. The lowest BCUT2D eigenvalue weighted by Gasteiger charge is -2.00. The molecule has 108 valence electrons. The summed E-state index contributed by atoms with van der Waals surface area (Å²) in [6.45, 7) is 0. The standard InChI is InChI=1S/C13H10ClN3O4/c14-10-3-1-9(2-4-10)7-12(18)16-15-8-11-5-6-13(21-11)17(19)20/h1-6,8H,7H2,(H,16,18). The van der Waals surface area contributed by atoms with Gasteiger partial charge in [0.15, 0.2) is 5.76 Å². The van der Waals surface area contributed by atoms with E-state index in [4.69, 9.17) is 16.0 Å². The van der Waals surface area contributed by atoms with Crippen LogP contribution in [0.4, 0.5) is 5.88 Å². The minimum atomic E-state index is -0.656. The number of nitrogens with zero attached hydrogens (tertiary/aromatic N) is 2. The average molecular weight is 308 g/mol. The van der Waals surface area contributed by atoms with Gasteiger partial charge in [-0.25, -0.2) is 5.43 Å². The number of halogens is 1. The number of carbonyl (C=O) groups is 1. The number of amides is 1. The smallest absolute Gasteiger partial charge is 0.400 e. The van der Waals surface area contributed by atoms with E-state index in [0.717, 1.165) is 5.56 Å². The van der Waals surface area contributed by atoms with E-state index >= 15 is 0 Å². The molecule has 7 nitrogen and oxygen atoms in total. The van der Waals surface area contributed by atoms with E-state index in [2.05, 4.69) is 10.5 Å². The van der Waals surface area contributed by atoms with Crippen LogP contribution in [0.5, 0.6) is 0 Å². The van der Waals surface area contributed by atoms with Crippen molar-refractivity contribution in [3.05, 3.63) is 62.9 Å². The zero-order valence-electron chi connectivity index (χ0n) is 10.7. The Morgan fingerprint density at radius 1 is 1.33 bits per heavy atom. The largest absolute Gasteiger partial charge is 0.433 e. The minimum Gasteiger partial charge on any atom is -0.400 e. The molecule has 1 aromatic heterocycles. The van der Waals surface area contributed by atoms with E-state index in [1.165, 1.54) is 18.3 Å². The van der Waals surface area contributed by atoms with E-state index in [1.807, 2.05) is 0 Å². The van der Waals surface area contributed by atoms with Gasteiger partial charge in [-0.1, -0.05) is 23.7 Å². The predicted octanol–water partition coefficient (Wildman–Crippen LogP) is 2.53. The summed E-state index contributed by atoms with van der Waals surface area (Å²) in [6, 6.07) is 9.44. The fourth-order valence-electron chi connectivity index (χ4n) is 1.50. The molecule has 8 heteroatoms. The SMILES string of the molecule is O=C(Cc1ccc(Cl)cc1)NN=Cc1ccc([N+](=O)[O-])o1. The Morgan fingerprint density at radius 3 is 2.67 bits per heavy atom. The van der Waals surface area contributed by atoms with Crippen molar-refractivity contribution in [1.82, 2.24) is 5.43 Å². The first-order chi connectivity index (χ1) is 10.0. The third-order valence-electron chi connectivity index (χ3n) is 2.45. The molecule has 0 bridgehead atoms. The third kappa shape index (κ3) is 4.43. The zero-order valence-corrected chi connectivity index (χ0v) is 11.4. The zero-order chi connectivity index (χ0) is 15.2. The molecule has 0 radical (unpaired) electrons. The Labute approximate surface area is 124 Å². The van der Waals surface area contributed by atoms with Gasteiger partial charge in [-0.15, -0.1) is 0 Å². The molecule has 2 rings (SSSR count). The van der Waals surface area contributed by atoms with Gasteiger partial charge in [0.25, 0.3) is 0 Å². The molecule has 0 atom stereocenters. The van der Waals surface area contributed by atoms with E-state index in [1.54, 1.807) is 24.3 Å². The lowest BCUT2D eigenvalue weighted by Crippen LogP contribution is -2.19. The van der Waals surface area contributed by atoms with Crippen molar-refractivity contribution in [2.75, 3.05) is 0 Å². The molecule has 1 amide bonds. The lowest BCUT2D eigenvalue weighted by atomic mass is 10.1. The molecule has 0 aliphatic rings. The van der Waals surface area contributed by atoms with Crippen LogP contribution in [-0.4, -0.2) is 17.0 Å². The summed E-state index contributed by atoms with van der Waals surface area (Å²) >= 11 is 5.74. The van der Waals surface area contributed by atoms with Crippen molar-refractivity contribution in [2.45, 2.75) is 6.42 Å². The molecule has 0 saturated heterocycles. The fourth-order valence-corrected chi connectivity index (χ4v) is 1.63. The summed E-state index contributed by atoms with van der Waals surface area (Å²) in [4.78, 5) is 21.4. The van der Waals surface area contributed by atoms with E-state index in [0.29, 0.717) is 5.02 Å². The van der Waals surface area contributed by atoms with Crippen molar-refractivity contribution >= 4 is 29.6 Å². The first-order valence-electron chi connectivity index (χ1n) is 5.85. The number of hydrazone groups is 1. The van der Waals surface area contributed by atoms with Crippen LogP contribution in [-0.2, 0) is 11.2 Å². The molecule has 1 heterocycles. The van der Waals surface area contributed by atoms with Crippen LogP contribution in [0, 0.1) is 10.1 Å². The maximum Gasteiger partial charge on any atom is 0.433 e. The maximum absolute atomic E-state index is 11.6. The second-order valence-corrected chi connectivity index (χ2v) is 4.47. The highest BCUT2D eigenvalue weighted by molar-refractivity contribution is 6.30. The van der Waals surface area contributed by atoms with E-state index in [-0.39, 0.29) is 24.0 Å². The highest BCUT2D eigenvalue weighted by atomic mass is 35.5. The Morgan fingerprint density at radius 2 is 2.05 bits per heavy atom. The van der Waals surface area contributed by atoms with Crippen molar-refractivity contribution in [2.24, 2.45) is 5.10 Å². The summed E-state index contributed by atoms with van der Waals surface area (Å²) in [5.41, 5.74) is 3.09. The average Bonchev–Trinajstić information content (AvgIpc) is 2.90. The Balaban J connectivity index is 1.86. The predicted molar refractivity (Wildman–Crippen MR) is 76.3 cm³/mol. The van der Waals surface area contributed by atoms with Gasteiger partial charge < -0.3 is 4.42 Å². The first-order valence-corrected chi connectivity index (χ1v) is 6.23. The number of furan rings is 1. The van der Waals surface area contributed by atoms with Gasteiger partial charge in [-0.3, -0.25) is 14.9 Å². The molecule has 1 aromatic carbocycles. The molecular formula is C13H10ClN3O4. The molecule has 1 N–H and O–H groups in total. The summed E-state index contributed by atoms with van der Waals surface area (Å²) in [7, 11) is 0. The number of hydrogen-bond acceptors (Lipinski definition) is 5. The van der Waals surface area contributed by atoms with Gasteiger partial charge in [0.1, 0.15) is 4.92 Å². The maximum atomic E-state index is 11.6. The van der Waals surface area contributed by atoms with Crippen LogP contribution in [0.25, 0.3) is 0 Å². The quantitative estimate of drug-likeness (QED) is 0.521. The van der Waals surface area contributed by atoms with Crippen molar-refractivity contribution in [3.63, 3.8) is 0 Å². The number of benzene rings is 1. The summed E-state index contributed by atoms with van der Waals surface area (Å²) in [5, 5.41) is 14.7. The van der Waals surface area contributed by atoms with Gasteiger partial charge in [0.05, 0.1) is 18.7 Å². The van der Waals surface area contributed by atoms with Crippen LogP contribution in [0.1, 0.15) is 11.3 Å². The van der Waals surface area contributed by atoms with Crippen molar-refractivity contribution in [1.29, 1.82) is 0 Å². The molecule has 21 heavy (non-hydrogen) atoms. The van der Waals surface area contributed by atoms with E-state index in [9.17, 15) is 14.9 Å². The van der Waals surface area contributed by atoms with Crippen molar-refractivity contribution in [3.8, 4) is 0 Å². The van der Waals surface area contributed by atoms with Crippen LogP contribution in [0.15, 0.2) is 45.9 Å². The topological polar surface area (TPSA) is 97.7 Å². The number of rotatable bonds is 5. The normalized spacial score (nSPS) is 10.7. The van der Waals surface area contributed by atoms with Gasteiger partial charge >= 0.3 is 5.88 Å². The van der Waals surface area contributed by atoms with Crippen LogP contribution in [0.2, 0.25) is 5.02 Å². The number of carbonyl (C=O) groups excluding carboxylic acids is 1. The molecule has 0 aliphatic carbocycles.